The molecule has 1 aromatic carbocycles. The minimum Gasteiger partial charge on any atom is -0.311 e. The van der Waals surface area contributed by atoms with Crippen molar-refractivity contribution in [3.63, 3.8) is 0 Å². The highest BCUT2D eigenvalue weighted by atomic mass is 79.9. The third-order valence-corrected chi connectivity index (χ3v) is 3.45. The third kappa shape index (κ3) is 4.49. The molecule has 2 nitrogen and oxygen atoms in total. The maximum atomic E-state index is 8.99. The van der Waals surface area contributed by atoms with Gasteiger partial charge >= 0.3 is 0 Å². The lowest BCUT2D eigenvalue weighted by Gasteiger charge is -2.14. The van der Waals surface area contributed by atoms with Crippen molar-refractivity contribution >= 4 is 15.9 Å². The molecule has 17 heavy (non-hydrogen) atoms. The van der Waals surface area contributed by atoms with Crippen molar-refractivity contribution in [1.82, 2.24) is 5.32 Å². The lowest BCUT2D eigenvalue weighted by Crippen LogP contribution is -2.25. The van der Waals surface area contributed by atoms with Crippen LogP contribution in [0, 0.1) is 30.1 Å². The molecule has 0 aliphatic rings. The van der Waals surface area contributed by atoms with Crippen LogP contribution in [-0.2, 0) is 6.54 Å². The second-order valence-corrected chi connectivity index (χ2v) is 5.60. The summed E-state index contributed by atoms with van der Waals surface area (Å²) >= 11 is 3.47. The molecule has 0 heterocycles. The molecule has 0 aliphatic heterocycles. The quantitative estimate of drug-likeness (QED) is 0.900. The van der Waals surface area contributed by atoms with Crippen LogP contribution in [0.1, 0.15) is 25.0 Å². The fraction of sp³-hybridized carbons (Fsp3) is 0.500. The average molecular weight is 295 g/mol. The Labute approximate surface area is 112 Å². The predicted octanol–water partition coefficient (Wildman–Crippen LogP) is 3.64. The van der Waals surface area contributed by atoms with Gasteiger partial charge in [0.2, 0.25) is 0 Å². The maximum absolute atomic E-state index is 8.99. The van der Waals surface area contributed by atoms with Gasteiger partial charge in [-0.25, -0.2) is 0 Å². The molecule has 0 fully saturated rings. The van der Waals surface area contributed by atoms with Gasteiger partial charge in [-0.3, -0.25) is 0 Å². The maximum Gasteiger partial charge on any atom is 0.0671 e. The first kappa shape index (κ1) is 14.2. The van der Waals surface area contributed by atoms with Crippen LogP contribution >= 0.6 is 15.9 Å². The molecule has 0 bridgehead atoms. The van der Waals surface area contributed by atoms with Crippen molar-refractivity contribution in [2.24, 2.45) is 11.8 Å². The average Bonchev–Trinajstić information content (AvgIpc) is 2.28. The van der Waals surface area contributed by atoms with Gasteiger partial charge in [0.25, 0.3) is 0 Å². The van der Waals surface area contributed by atoms with Gasteiger partial charge in [-0.15, -0.1) is 0 Å². The minimum atomic E-state index is 0.0856. The van der Waals surface area contributed by atoms with Crippen molar-refractivity contribution < 1.29 is 0 Å². The van der Waals surface area contributed by atoms with Crippen LogP contribution in [0.25, 0.3) is 0 Å². The van der Waals surface area contributed by atoms with E-state index < -0.39 is 0 Å². The van der Waals surface area contributed by atoms with Gasteiger partial charge in [0.1, 0.15) is 0 Å². The van der Waals surface area contributed by atoms with Crippen LogP contribution in [-0.4, -0.2) is 6.54 Å². The van der Waals surface area contributed by atoms with Crippen molar-refractivity contribution in [1.29, 1.82) is 5.26 Å². The van der Waals surface area contributed by atoms with E-state index in [0.29, 0.717) is 5.92 Å². The van der Waals surface area contributed by atoms with Crippen molar-refractivity contribution in [3.8, 4) is 6.07 Å². The van der Waals surface area contributed by atoms with E-state index in [2.05, 4.69) is 60.2 Å². The molecule has 0 saturated carbocycles. The number of aryl methyl sites for hydroxylation is 1. The molecule has 1 atom stereocenters. The Morgan fingerprint density at radius 2 is 2.12 bits per heavy atom. The van der Waals surface area contributed by atoms with E-state index in [0.717, 1.165) is 17.6 Å². The van der Waals surface area contributed by atoms with E-state index in [9.17, 15) is 0 Å². The Hall–Kier alpha value is -0.850. The van der Waals surface area contributed by atoms with Crippen molar-refractivity contribution in [2.45, 2.75) is 27.3 Å². The Morgan fingerprint density at radius 3 is 2.71 bits per heavy atom. The van der Waals surface area contributed by atoms with Crippen LogP contribution in [0.5, 0.6) is 0 Å². The molecule has 1 rings (SSSR count). The number of benzene rings is 1. The summed E-state index contributed by atoms with van der Waals surface area (Å²) < 4.78 is 1.10. The first-order valence-electron chi connectivity index (χ1n) is 5.90. The standard InChI is InChI=1S/C14H19BrN2/c1-10(2)13(7-16)9-17-8-12-6-14(15)5-4-11(12)3/h4-6,10,13,17H,8-9H2,1-3H3. The summed E-state index contributed by atoms with van der Waals surface area (Å²) in [7, 11) is 0. The van der Waals surface area contributed by atoms with Gasteiger partial charge < -0.3 is 5.32 Å². The summed E-state index contributed by atoms with van der Waals surface area (Å²) in [4.78, 5) is 0. The van der Waals surface area contributed by atoms with E-state index in [1.807, 2.05) is 6.07 Å². The largest absolute Gasteiger partial charge is 0.311 e. The number of hydrogen-bond donors (Lipinski definition) is 1. The van der Waals surface area contributed by atoms with E-state index in [-0.39, 0.29) is 5.92 Å². The predicted molar refractivity (Wildman–Crippen MR) is 74.5 cm³/mol. The first-order valence-corrected chi connectivity index (χ1v) is 6.69. The van der Waals surface area contributed by atoms with Crippen LogP contribution in [0.4, 0.5) is 0 Å². The fourth-order valence-corrected chi connectivity index (χ4v) is 2.03. The highest BCUT2D eigenvalue weighted by molar-refractivity contribution is 9.10. The number of rotatable bonds is 5. The third-order valence-electron chi connectivity index (χ3n) is 2.96. The van der Waals surface area contributed by atoms with Gasteiger partial charge in [-0.1, -0.05) is 35.8 Å². The van der Waals surface area contributed by atoms with E-state index >= 15 is 0 Å². The summed E-state index contributed by atoms with van der Waals surface area (Å²) in [6, 6.07) is 8.62. The number of hydrogen-bond acceptors (Lipinski definition) is 2. The summed E-state index contributed by atoms with van der Waals surface area (Å²) in [6.45, 7) is 7.84. The van der Waals surface area contributed by atoms with Gasteiger partial charge in [-0.05, 0) is 36.1 Å². The van der Waals surface area contributed by atoms with Crippen molar-refractivity contribution in [3.05, 3.63) is 33.8 Å². The Balaban J connectivity index is 2.51. The molecule has 1 unspecified atom stereocenters. The van der Waals surface area contributed by atoms with E-state index in [4.69, 9.17) is 5.26 Å². The molecule has 0 aromatic heterocycles. The van der Waals surface area contributed by atoms with E-state index in [1.165, 1.54) is 11.1 Å². The summed E-state index contributed by atoms with van der Waals surface area (Å²) in [5, 5.41) is 12.4. The smallest absolute Gasteiger partial charge is 0.0671 e. The summed E-state index contributed by atoms with van der Waals surface area (Å²) in [6.07, 6.45) is 0. The minimum absolute atomic E-state index is 0.0856. The highest BCUT2D eigenvalue weighted by Crippen LogP contribution is 2.16. The summed E-state index contributed by atoms with van der Waals surface area (Å²) in [5.74, 6) is 0.485. The normalized spacial score (nSPS) is 12.5. The van der Waals surface area contributed by atoms with Gasteiger partial charge in [-0.2, -0.15) is 5.26 Å². The molecule has 3 heteroatoms. The molecule has 1 aromatic rings. The zero-order valence-corrected chi connectivity index (χ0v) is 12.2. The molecule has 0 spiro atoms. The number of halogens is 1. The lowest BCUT2D eigenvalue weighted by atomic mass is 9.97. The lowest BCUT2D eigenvalue weighted by molar-refractivity contribution is 0.441. The number of nitrogens with zero attached hydrogens (tertiary/aromatic N) is 1. The molecule has 92 valence electrons. The monoisotopic (exact) mass is 294 g/mol. The number of nitriles is 1. The molecular formula is C14H19BrN2. The Bertz CT molecular complexity index is 407. The van der Waals surface area contributed by atoms with Crippen LogP contribution in [0.3, 0.4) is 0 Å². The van der Waals surface area contributed by atoms with E-state index in [1.54, 1.807) is 0 Å². The zero-order valence-electron chi connectivity index (χ0n) is 10.6. The number of nitrogens with one attached hydrogen (secondary N) is 1. The van der Waals surface area contributed by atoms with Crippen molar-refractivity contribution in [2.75, 3.05) is 6.54 Å². The molecular weight excluding hydrogens is 276 g/mol. The SMILES string of the molecule is Cc1ccc(Br)cc1CNCC(C#N)C(C)C. The fourth-order valence-electron chi connectivity index (χ4n) is 1.62. The molecule has 1 N–H and O–H groups in total. The first-order chi connectivity index (χ1) is 8.04. The molecule has 0 saturated heterocycles. The summed E-state index contributed by atoms with van der Waals surface area (Å²) in [5.41, 5.74) is 2.55. The Morgan fingerprint density at radius 1 is 1.41 bits per heavy atom. The molecule has 0 radical (unpaired) electrons. The molecule has 0 amide bonds. The van der Waals surface area contributed by atoms with Gasteiger partial charge in [0.05, 0.1) is 12.0 Å². The highest BCUT2D eigenvalue weighted by Gasteiger charge is 2.11. The topological polar surface area (TPSA) is 35.8 Å². The second-order valence-electron chi connectivity index (χ2n) is 4.68. The Kier molecular flexibility index (Phi) is 5.67. The molecule has 0 aliphatic carbocycles. The van der Waals surface area contributed by atoms with Crippen LogP contribution in [0.15, 0.2) is 22.7 Å². The van der Waals surface area contributed by atoms with Gasteiger partial charge in [0.15, 0.2) is 0 Å². The van der Waals surface area contributed by atoms with Gasteiger partial charge in [0, 0.05) is 17.6 Å². The zero-order chi connectivity index (χ0) is 12.8. The van der Waals surface area contributed by atoms with Crippen LogP contribution in [0.2, 0.25) is 0 Å². The second kappa shape index (κ2) is 6.78. The van der Waals surface area contributed by atoms with Crippen LogP contribution < -0.4 is 5.32 Å².